The zero-order valence-electron chi connectivity index (χ0n) is 20.3. The van der Waals surface area contributed by atoms with Gasteiger partial charge in [-0.1, -0.05) is 12.1 Å². The van der Waals surface area contributed by atoms with E-state index in [1.165, 1.54) is 13.2 Å². The molecule has 192 valence electrons. The van der Waals surface area contributed by atoms with Crippen molar-refractivity contribution >= 4 is 11.6 Å². The van der Waals surface area contributed by atoms with E-state index in [-0.39, 0.29) is 18.1 Å². The van der Waals surface area contributed by atoms with Crippen molar-refractivity contribution in [1.29, 1.82) is 0 Å². The fourth-order valence-electron chi connectivity index (χ4n) is 4.10. The lowest BCUT2D eigenvalue weighted by Crippen LogP contribution is -2.06. The SMILES string of the molecule is COCc1c(-c2cccc(C(=O)OC)c2)nn2c(-c3ccc(OC(F)F)c(OCC4CC4)c3)ccnc12. The van der Waals surface area contributed by atoms with E-state index < -0.39 is 12.6 Å². The van der Waals surface area contributed by atoms with Gasteiger partial charge in [-0.05, 0) is 55.2 Å². The van der Waals surface area contributed by atoms with Gasteiger partial charge in [-0.2, -0.15) is 13.9 Å². The normalized spacial score (nSPS) is 13.2. The average molecular weight is 510 g/mol. The molecule has 0 spiro atoms. The first kappa shape index (κ1) is 24.6. The second kappa shape index (κ2) is 10.5. The van der Waals surface area contributed by atoms with E-state index in [0.29, 0.717) is 46.3 Å². The molecule has 1 aliphatic rings. The van der Waals surface area contributed by atoms with Gasteiger partial charge in [-0.25, -0.2) is 14.3 Å². The molecule has 10 heteroatoms. The Bertz CT molecular complexity index is 1440. The summed E-state index contributed by atoms with van der Waals surface area (Å²) in [5.41, 5.74) is 4.32. The Balaban J connectivity index is 1.61. The Morgan fingerprint density at radius 1 is 1.08 bits per heavy atom. The Labute approximate surface area is 211 Å². The minimum absolute atomic E-state index is 0.0226. The molecule has 1 fully saturated rings. The molecule has 5 rings (SSSR count). The number of benzene rings is 2. The van der Waals surface area contributed by atoms with Gasteiger partial charge in [0, 0.05) is 24.4 Å². The summed E-state index contributed by atoms with van der Waals surface area (Å²) in [6, 6.07) is 13.5. The zero-order valence-corrected chi connectivity index (χ0v) is 20.3. The molecule has 1 saturated carbocycles. The molecule has 1 aliphatic carbocycles. The molecule has 0 amide bonds. The van der Waals surface area contributed by atoms with Crippen LogP contribution in [0.2, 0.25) is 0 Å². The van der Waals surface area contributed by atoms with Crippen LogP contribution in [-0.4, -0.2) is 48.0 Å². The van der Waals surface area contributed by atoms with Crippen LogP contribution in [0.4, 0.5) is 8.78 Å². The van der Waals surface area contributed by atoms with E-state index in [1.54, 1.807) is 54.2 Å². The van der Waals surface area contributed by atoms with Gasteiger partial charge < -0.3 is 18.9 Å². The van der Waals surface area contributed by atoms with Gasteiger partial charge >= 0.3 is 12.6 Å². The summed E-state index contributed by atoms with van der Waals surface area (Å²) in [7, 11) is 2.90. The number of alkyl halides is 2. The summed E-state index contributed by atoms with van der Waals surface area (Å²) in [6.07, 6.45) is 3.77. The predicted octanol–water partition coefficient (Wildman–Crippen LogP) is 5.39. The van der Waals surface area contributed by atoms with Crippen molar-refractivity contribution in [2.75, 3.05) is 20.8 Å². The Morgan fingerprint density at radius 3 is 2.65 bits per heavy atom. The first-order chi connectivity index (χ1) is 18.0. The third-order valence-corrected chi connectivity index (χ3v) is 6.09. The maximum atomic E-state index is 13.0. The summed E-state index contributed by atoms with van der Waals surface area (Å²) in [5, 5.41) is 4.82. The van der Waals surface area contributed by atoms with Gasteiger partial charge in [0.25, 0.3) is 0 Å². The molecule has 4 aromatic rings. The van der Waals surface area contributed by atoms with Crippen molar-refractivity contribution in [2.24, 2.45) is 5.92 Å². The summed E-state index contributed by atoms with van der Waals surface area (Å²) in [6.45, 7) is -2.29. The van der Waals surface area contributed by atoms with E-state index in [0.717, 1.165) is 18.4 Å². The van der Waals surface area contributed by atoms with Gasteiger partial charge in [-0.3, -0.25) is 0 Å². The van der Waals surface area contributed by atoms with E-state index in [9.17, 15) is 13.6 Å². The first-order valence-corrected chi connectivity index (χ1v) is 11.7. The fourth-order valence-corrected chi connectivity index (χ4v) is 4.10. The third-order valence-electron chi connectivity index (χ3n) is 6.09. The number of esters is 1. The Morgan fingerprint density at radius 2 is 1.92 bits per heavy atom. The van der Waals surface area contributed by atoms with Crippen LogP contribution in [0.5, 0.6) is 11.5 Å². The summed E-state index contributed by atoms with van der Waals surface area (Å²) in [5.74, 6) is 0.194. The molecule has 0 saturated heterocycles. The van der Waals surface area contributed by atoms with Gasteiger partial charge in [0.05, 0.1) is 37.1 Å². The lowest BCUT2D eigenvalue weighted by molar-refractivity contribution is -0.0515. The number of rotatable bonds is 10. The number of ether oxygens (including phenoxy) is 4. The molecule has 0 aliphatic heterocycles. The number of methoxy groups -OCH3 is 2. The smallest absolute Gasteiger partial charge is 0.387 e. The second-order valence-corrected chi connectivity index (χ2v) is 8.69. The van der Waals surface area contributed by atoms with Crippen LogP contribution in [0.1, 0.15) is 28.8 Å². The molecule has 0 unspecified atom stereocenters. The van der Waals surface area contributed by atoms with E-state index in [4.69, 9.17) is 19.3 Å². The summed E-state index contributed by atoms with van der Waals surface area (Å²) < 4.78 is 48.5. The standard InChI is InChI=1S/C27H25F2N3O5/c1-34-15-20-24(18-4-3-5-19(12-18)26(33)35-2)31-32-21(10-11-30-25(20)32)17-8-9-22(37-27(28)29)23(13-17)36-14-16-6-7-16/h3-5,8-13,16,27H,6-7,14-15H2,1-2H3. The van der Waals surface area contributed by atoms with Crippen molar-refractivity contribution in [1.82, 2.24) is 14.6 Å². The summed E-state index contributed by atoms with van der Waals surface area (Å²) in [4.78, 5) is 16.6. The Hall–Kier alpha value is -4.05. The first-order valence-electron chi connectivity index (χ1n) is 11.7. The highest BCUT2D eigenvalue weighted by atomic mass is 19.3. The van der Waals surface area contributed by atoms with Crippen molar-refractivity contribution in [3.63, 3.8) is 0 Å². The Kier molecular flexibility index (Phi) is 7.00. The van der Waals surface area contributed by atoms with Gasteiger partial charge in [0.15, 0.2) is 17.1 Å². The highest BCUT2D eigenvalue weighted by Crippen LogP contribution is 2.37. The maximum absolute atomic E-state index is 13.0. The van der Waals surface area contributed by atoms with E-state index in [1.807, 2.05) is 6.07 Å². The highest BCUT2D eigenvalue weighted by Gasteiger charge is 2.24. The largest absolute Gasteiger partial charge is 0.489 e. The van der Waals surface area contributed by atoms with E-state index in [2.05, 4.69) is 9.72 Å². The van der Waals surface area contributed by atoms with Gasteiger partial charge in [0.1, 0.15) is 5.69 Å². The van der Waals surface area contributed by atoms with Crippen molar-refractivity contribution in [3.05, 3.63) is 65.9 Å². The molecule has 37 heavy (non-hydrogen) atoms. The minimum atomic E-state index is -2.97. The number of halogens is 2. The molecular weight excluding hydrogens is 484 g/mol. The van der Waals surface area contributed by atoms with Crippen LogP contribution in [0.25, 0.3) is 28.2 Å². The second-order valence-electron chi connectivity index (χ2n) is 8.69. The number of hydrogen-bond acceptors (Lipinski definition) is 7. The van der Waals surface area contributed by atoms with E-state index >= 15 is 0 Å². The van der Waals surface area contributed by atoms with Crippen LogP contribution in [0.3, 0.4) is 0 Å². The number of hydrogen-bond donors (Lipinski definition) is 0. The quantitative estimate of drug-likeness (QED) is 0.265. The number of carbonyl (C=O) groups excluding carboxylic acids is 1. The van der Waals surface area contributed by atoms with Crippen LogP contribution < -0.4 is 9.47 Å². The van der Waals surface area contributed by atoms with Crippen LogP contribution in [0, 0.1) is 5.92 Å². The summed E-state index contributed by atoms with van der Waals surface area (Å²) >= 11 is 0. The number of carbonyl (C=O) groups is 1. The molecule has 0 atom stereocenters. The van der Waals surface area contributed by atoms with Gasteiger partial charge in [-0.15, -0.1) is 0 Å². The zero-order chi connectivity index (χ0) is 25.9. The lowest BCUT2D eigenvalue weighted by atomic mass is 10.1. The van der Waals surface area contributed by atoms with Crippen molar-refractivity contribution < 1.29 is 32.5 Å². The number of fused-ring (bicyclic) bond motifs is 1. The molecule has 2 aromatic heterocycles. The highest BCUT2D eigenvalue weighted by molar-refractivity contribution is 5.91. The van der Waals surface area contributed by atoms with Crippen molar-refractivity contribution in [3.8, 4) is 34.0 Å². The predicted molar refractivity (Wildman–Crippen MR) is 131 cm³/mol. The fraction of sp³-hybridized carbons (Fsp3) is 0.296. The molecule has 2 aromatic carbocycles. The number of aromatic nitrogens is 3. The minimum Gasteiger partial charge on any atom is -0.489 e. The van der Waals surface area contributed by atoms with Crippen LogP contribution in [-0.2, 0) is 16.1 Å². The third kappa shape index (κ3) is 5.24. The molecular formula is C27H25F2N3O5. The number of nitrogens with zero attached hydrogens (tertiary/aromatic N) is 3. The molecule has 8 nitrogen and oxygen atoms in total. The van der Waals surface area contributed by atoms with Crippen molar-refractivity contribution in [2.45, 2.75) is 26.1 Å². The average Bonchev–Trinajstić information content (AvgIpc) is 3.67. The molecule has 0 radical (unpaired) electrons. The lowest BCUT2D eigenvalue weighted by Gasteiger charge is -2.14. The molecule has 0 bridgehead atoms. The van der Waals surface area contributed by atoms with Crippen LogP contribution in [0.15, 0.2) is 54.7 Å². The topological polar surface area (TPSA) is 84.2 Å². The molecule has 2 heterocycles. The van der Waals surface area contributed by atoms with Crippen LogP contribution >= 0.6 is 0 Å². The monoisotopic (exact) mass is 509 g/mol. The maximum Gasteiger partial charge on any atom is 0.387 e. The molecule has 0 N–H and O–H groups in total. The van der Waals surface area contributed by atoms with Gasteiger partial charge in [0.2, 0.25) is 0 Å².